The number of aryl methyl sites for hydroxylation is 1. The van der Waals surface area contributed by atoms with Crippen LogP contribution in [0.25, 0.3) is 5.76 Å². The van der Waals surface area contributed by atoms with Crippen molar-refractivity contribution in [2.24, 2.45) is 0 Å². The van der Waals surface area contributed by atoms with Gasteiger partial charge in [0.2, 0.25) is 0 Å². The van der Waals surface area contributed by atoms with E-state index in [-0.39, 0.29) is 24.5 Å². The van der Waals surface area contributed by atoms with E-state index in [0.29, 0.717) is 17.9 Å². The average molecular weight is 501 g/mol. The van der Waals surface area contributed by atoms with E-state index in [1.807, 2.05) is 74.4 Å². The second-order valence-electron chi connectivity index (χ2n) is 9.21. The van der Waals surface area contributed by atoms with E-state index in [9.17, 15) is 14.7 Å². The topological polar surface area (TPSA) is 79.3 Å². The quantitative estimate of drug-likeness (QED) is 0.261. The van der Waals surface area contributed by atoms with Crippen LogP contribution in [0, 0.1) is 6.92 Å². The number of carbonyl (C=O) groups excluding carboxylic acids is 2. The van der Waals surface area contributed by atoms with Gasteiger partial charge in [-0.3, -0.25) is 9.59 Å². The Morgan fingerprint density at radius 3 is 2.27 bits per heavy atom. The van der Waals surface area contributed by atoms with Gasteiger partial charge in [-0.1, -0.05) is 36.4 Å². The molecule has 7 heteroatoms. The molecule has 0 spiro atoms. The van der Waals surface area contributed by atoms with E-state index in [1.54, 1.807) is 31.4 Å². The summed E-state index contributed by atoms with van der Waals surface area (Å²) in [6, 6.07) is 21.8. The van der Waals surface area contributed by atoms with Gasteiger partial charge < -0.3 is 24.4 Å². The van der Waals surface area contributed by atoms with Crippen LogP contribution in [0.15, 0.2) is 78.4 Å². The molecule has 1 aliphatic rings. The molecule has 1 atom stereocenters. The summed E-state index contributed by atoms with van der Waals surface area (Å²) in [5, 5.41) is 11.3. The van der Waals surface area contributed by atoms with Crippen LogP contribution < -0.4 is 9.64 Å². The number of benzene rings is 3. The summed E-state index contributed by atoms with van der Waals surface area (Å²) in [5.74, 6) is -0.949. The first-order valence-corrected chi connectivity index (χ1v) is 12.1. The van der Waals surface area contributed by atoms with Gasteiger partial charge in [0.15, 0.2) is 0 Å². The number of amides is 1. The number of anilines is 1. The largest absolute Gasteiger partial charge is 0.507 e. The lowest BCUT2D eigenvalue weighted by molar-refractivity contribution is -0.140. The summed E-state index contributed by atoms with van der Waals surface area (Å²) in [5.41, 5.74) is 4.45. The fourth-order valence-corrected chi connectivity index (χ4v) is 4.40. The van der Waals surface area contributed by atoms with Gasteiger partial charge in [0, 0.05) is 39.0 Å². The van der Waals surface area contributed by atoms with Crippen molar-refractivity contribution >= 4 is 23.1 Å². The van der Waals surface area contributed by atoms with Crippen molar-refractivity contribution in [3.05, 3.63) is 101 Å². The molecular formula is C30H32N2O5. The zero-order valence-corrected chi connectivity index (χ0v) is 21.6. The van der Waals surface area contributed by atoms with Crippen LogP contribution in [0.2, 0.25) is 0 Å². The molecule has 0 bridgehead atoms. The summed E-state index contributed by atoms with van der Waals surface area (Å²) in [7, 11) is 5.42. The number of likely N-dealkylation sites (tertiary alicyclic amines) is 1. The van der Waals surface area contributed by atoms with Gasteiger partial charge in [-0.15, -0.1) is 0 Å². The van der Waals surface area contributed by atoms with Crippen molar-refractivity contribution < 1.29 is 24.2 Å². The van der Waals surface area contributed by atoms with Gasteiger partial charge >= 0.3 is 0 Å². The third-order valence-electron chi connectivity index (χ3n) is 6.58. The maximum Gasteiger partial charge on any atom is 0.295 e. The van der Waals surface area contributed by atoms with Gasteiger partial charge in [0.1, 0.15) is 18.1 Å². The van der Waals surface area contributed by atoms with Crippen LogP contribution in [0.1, 0.15) is 28.3 Å². The highest BCUT2D eigenvalue weighted by atomic mass is 16.5. The molecule has 0 aliphatic carbocycles. The molecular weight excluding hydrogens is 468 g/mol. The number of hydrogen-bond acceptors (Lipinski definition) is 6. The normalized spacial score (nSPS) is 16.8. The Labute approximate surface area is 217 Å². The molecule has 1 amide bonds. The molecule has 1 fully saturated rings. The maximum atomic E-state index is 13.1. The first-order valence-electron chi connectivity index (χ1n) is 12.1. The molecule has 1 saturated heterocycles. The molecule has 0 radical (unpaired) electrons. The minimum absolute atomic E-state index is 0.0623. The lowest BCUT2D eigenvalue weighted by Crippen LogP contribution is -2.32. The summed E-state index contributed by atoms with van der Waals surface area (Å²) < 4.78 is 11.1. The standard InChI is InChI=1S/C30H32N2O5/c1-20-7-5-6-8-23(20)19-37-25-15-11-22(12-16-25)28(33)26-27(21-9-13-24(14-10-21)31(2)3)32(17-18-36-4)30(35)29(26)34/h5-16,27,33H,17-19H2,1-4H3. The van der Waals surface area contributed by atoms with Gasteiger partial charge in [0.25, 0.3) is 11.7 Å². The summed E-state index contributed by atoms with van der Waals surface area (Å²) in [6.45, 7) is 2.95. The number of aliphatic hydroxyl groups excluding tert-OH is 1. The van der Waals surface area contributed by atoms with E-state index in [4.69, 9.17) is 9.47 Å². The summed E-state index contributed by atoms with van der Waals surface area (Å²) >= 11 is 0. The number of ketones is 1. The van der Waals surface area contributed by atoms with Crippen LogP contribution in [0.5, 0.6) is 5.75 Å². The van der Waals surface area contributed by atoms with Crippen molar-refractivity contribution in [1.82, 2.24) is 4.90 Å². The Kier molecular flexibility index (Phi) is 7.94. The molecule has 192 valence electrons. The lowest BCUT2D eigenvalue weighted by atomic mass is 9.95. The highest BCUT2D eigenvalue weighted by Crippen LogP contribution is 2.39. The molecule has 7 nitrogen and oxygen atoms in total. The third kappa shape index (κ3) is 5.52. The zero-order valence-electron chi connectivity index (χ0n) is 21.6. The fourth-order valence-electron chi connectivity index (χ4n) is 4.40. The zero-order chi connectivity index (χ0) is 26.5. The Morgan fingerprint density at radius 1 is 0.973 bits per heavy atom. The van der Waals surface area contributed by atoms with E-state index in [2.05, 4.69) is 0 Å². The van der Waals surface area contributed by atoms with Crippen LogP contribution in [0.3, 0.4) is 0 Å². The first-order chi connectivity index (χ1) is 17.8. The molecule has 4 rings (SSSR count). The molecule has 1 heterocycles. The SMILES string of the molecule is COCCN1C(=O)C(=O)C(=C(O)c2ccc(OCc3ccccc3C)cc2)C1c1ccc(N(C)C)cc1. The van der Waals surface area contributed by atoms with Crippen LogP contribution in [0.4, 0.5) is 5.69 Å². The molecule has 1 aliphatic heterocycles. The van der Waals surface area contributed by atoms with Gasteiger partial charge in [-0.25, -0.2) is 0 Å². The van der Waals surface area contributed by atoms with Crippen LogP contribution in [-0.4, -0.2) is 56.1 Å². The second-order valence-corrected chi connectivity index (χ2v) is 9.21. The molecule has 3 aromatic rings. The minimum atomic E-state index is -0.719. The number of nitrogens with zero attached hydrogens (tertiary/aromatic N) is 2. The molecule has 0 saturated carbocycles. The highest BCUT2D eigenvalue weighted by Gasteiger charge is 2.45. The van der Waals surface area contributed by atoms with E-state index < -0.39 is 17.7 Å². The number of carbonyl (C=O) groups is 2. The minimum Gasteiger partial charge on any atom is -0.507 e. The smallest absolute Gasteiger partial charge is 0.295 e. The molecule has 3 aromatic carbocycles. The number of aliphatic hydroxyl groups is 1. The van der Waals surface area contributed by atoms with Gasteiger partial charge in [-0.05, 0) is 60.0 Å². The predicted molar refractivity (Wildman–Crippen MR) is 144 cm³/mol. The number of methoxy groups -OCH3 is 1. The van der Waals surface area contributed by atoms with E-state index >= 15 is 0 Å². The van der Waals surface area contributed by atoms with Crippen molar-refractivity contribution in [3.63, 3.8) is 0 Å². The third-order valence-corrected chi connectivity index (χ3v) is 6.58. The number of rotatable bonds is 9. The Balaban J connectivity index is 1.65. The first kappa shape index (κ1) is 26.0. The summed E-state index contributed by atoms with van der Waals surface area (Å²) in [6.07, 6.45) is 0. The van der Waals surface area contributed by atoms with Crippen molar-refractivity contribution in [2.45, 2.75) is 19.6 Å². The van der Waals surface area contributed by atoms with Gasteiger partial charge in [-0.2, -0.15) is 0 Å². The Morgan fingerprint density at radius 2 is 1.65 bits per heavy atom. The Bertz CT molecular complexity index is 1300. The van der Waals surface area contributed by atoms with E-state index in [1.165, 1.54) is 4.90 Å². The lowest BCUT2D eigenvalue weighted by Gasteiger charge is -2.25. The molecule has 1 N–H and O–H groups in total. The van der Waals surface area contributed by atoms with Gasteiger partial charge in [0.05, 0.1) is 18.2 Å². The Hall–Kier alpha value is -4.10. The fraction of sp³-hybridized carbons (Fsp3) is 0.267. The number of ether oxygens (including phenoxy) is 2. The van der Waals surface area contributed by atoms with Crippen LogP contribution >= 0.6 is 0 Å². The maximum absolute atomic E-state index is 13.1. The molecule has 1 unspecified atom stereocenters. The second kappa shape index (κ2) is 11.3. The van der Waals surface area contributed by atoms with E-state index in [0.717, 1.165) is 22.4 Å². The van der Waals surface area contributed by atoms with Crippen molar-refractivity contribution in [3.8, 4) is 5.75 Å². The van der Waals surface area contributed by atoms with Crippen molar-refractivity contribution in [2.75, 3.05) is 39.3 Å². The van der Waals surface area contributed by atoms with Crippen LogP contribution in [-0.2, 0) is 20.9 Å². The molecule has 0 aromatic heterocycles. The van der Waals surface area contributed by atoms with Crippen molar-refractivity contribution in [1.29, 1.82) is 0 Å². The average Bonchev–Trinajstić information content (AvgIpc) is 3.16. The summed E-state index contributed by atoms with van der Waals surface area (Å²) in [4.78, 5) is 29.5. The number of hydrogen-bond donors (Lipinski definition) is 1. The number of Topliss-reactive ketones (excluding diaryl/α,β-unsaturated/α-hetero) is 1. The highest BCUT2D eigenvalue weighted by molar-refractivity contribution is 6.46. The monoisotopic (exact) mass is 500 g/mol. The predicted octanol–water partition coefficient (Wildman–Crippen LogP) is 4.71. The molecule has 37 heavy (non-hydrogen) atoms.